The summed E-state index contributed by atoms with van der Waals surface area (Å²) in [5.74, 6) is -1.47. The Morgan fingerprint density at radius 1 is 1.23 bits per heavy atom. The highest BCUT2D eigenvalue weighted by atomic mass is 35.5. The van der Waals surface area contributed by atoms with Crippen molar-refractivity contribution in [3.05, 3.63) is 64.5 Å². The van der Waals surface area contributed by atoms with Crippen molar-refractivity contribution in [3.8, 4) is 11.3 Å². The number of nitrogens with one attached hydrogen (secondary N) is 1. The summed E-state index contributed by atoms with van der Waals surface area (Å²) < 4.78 is 0. The molecule has 1 aromatic heterocycles. The standard InChI is InChI=1S/C20H14ClN5O3S/c1-11-17(24-23-15-4-2-3-13(9-15)19(28)29)18(27)26(25-11)20-22-16(10-30-20)12-5-7-14(21)8-6-12/h2-10,23H,1H3,(H,28,29)/b24-17+. The molecule has 0 saturated heterocycles. The molecule has 1 aliphatic rings. The maximum absolute atomic E-state index is 12.8. The van der Waals surface area contributed by atoms with E-state index < -0.39 is 11.9 Å². The number of carboxylic acid groups (broad SMARTS) is 1. The number of rotatable bonds is 5. The molecule has 0 saturated carbocycles. The normalized spacial score (nSPS) is 14.9. The zero-order chi connectivity index (χ0) is 21.3. The highest BCUT2D eigenvalue weighted by Gasteiger charge is 2.32. The van der Waals surface area contributed by atoms with Crippen LogP contribution >= 0.6 is 22.9 Å². The second-order valence-electron chi connectivity index (χ2n) is 6.28. The summed E-state index contributed by atoms with van der Waals surface area (Å²) in [7, 11) is 0. The molecule has 10 heteroatoms. The molecule has 2 N–H and O–H groups in total. The van der Waals surface area contributed by atoms with E-state index in [9.17, 15) is 9.59 Å². The fraction of sp³-hybridized carbons (Fsp3) is 0.0500. The van der Waals surface area contributed by atoms with E-state index >= 15 is 0 Å². The summed E-state index contributed by atoms with van der Waals surface area (Å²) >= 11 is 7.21. The molecule has 0 fully saturated rings. The molecule has 0 unspecified atom stereocenters. The summed E-state index contributed by atoms with van der Waals surface area (Å²) in [4.78, 5) is 28.4. The Morgan fingerprint density at radius 3 is 2.73 bits per heavy atom. The lowest BCUT2D eigenvalue weighted by molar-refractivity contribution is -0.112. The van der Waals surface area contributed by atoms with Crippen molar-refractivity contribution in [1.82, 2.24) is 4.98 Å². The van der Waals surface area contributed by atoms with Crippen molar-refractivity contribution in [2.24, 2.45) is 10.2 Å². The highest BCUT2D eigenvalue weighted by Crippen LogP contribution is 2.30. The third-order valence-corrected chi connectivity index (χ3v) is 5.28. The van der Waals surface area contributed by atoms with Crippen LogP contribution in [0.1, 0.15) is 17.3 Å². The van der Waals surface area contributed by atoms with E-state index in [0.29, 0.717) is 27.2 Å². The summed E-state index contributed by atoms with van der Waals surface area (Å²) in [6.07, 6.45) is 0. The lowest BCUT2D eigenvalue weighted by Gasteiger charge is -2.07. The van der Waals surface area contributed by atoms with E-state index in [2.05, 4.69) is 20.6 Å². The molecule has 1 amide bonds. The van der Waals surface area contributed by atoms with Crippen LogP contribution in [0, 0.1) is 0 Å². The number of hydrogen-bond donors (Lipinski definition) is 2. The van der Waals surface area contributed by atoms with Gasteiger partial charge in [0.15, 0.2) is 5.71 Å². The van der Waals surface area contributed by atoms with Gasteiger partial charge in [0.25, 0.3) is 0 Å². The summed E-state index contributed by atoms with van der Waals surface area (Å²) in [6, 6.07) is 13.4. The largest absolute Gasteiger partial charge is 0.478 e. The van der Waals surface area contributed by atoms with Crippen LogP contribution in [0.4, 0.5) is 10.8 Å². The monoisotopic (exact) mass is 439 g/mol. The van der Waals surface area contributed by atoms with Crippen LogP contribution in [-0.4, -0.2) is 33.4 Å². The van der Waals surface area contributed by atoms with Gasteiger partial charge in [-0.2, -0.15) is 15.2 Å². The first-order valence-corrected chi connectivity index (χ1v) is 9.96. The van der Waals surface area contributed by atoms with Gasteiger partial charge >= 0.3 is 11.9 Å². The fourth-order valence-electron chi connectivity index (χ4n) is 2.71. The minimum atomic E-state index is -1.05. The molecule has 1 aliphatic heterocycles. The first-order valence-electron chi connectivity index (χ1n) is 8.71. The Balaban J connectivity index is 1.54. The van der Waals surface area contributed by atoms with E-state index in [1.807, 2.05) is 17.5 Å². The Bertz CT molecular complexity index is 1200. The van der Waals surface area contributed by atoms with Crippen LogP contribution in [0.2, 0.25) is 5.02 Å². The molecule has 0 atom stereocenters. The molecule has 0 bridgehead atoms. The van der Waals surface area contributed by atoms with E-state index in [1.54, 1.807) is 31.2 Å². The average molecular weight is 440 g/mol. The number of nitrogens with zero attached hydrogens (tertiary/aromatic N) is 4. The highest BCUT2D eigenvalue weighted by molar-refractivity contribution is 7.14. The van der Waals surface area contributed by atoms with Gasteiger partial charge in [0, 0.05) is 16.0 Å². The smallest absolute Gasteiger partial charge is 0.335 e. The number of aromatic carboxylic acids is 1. The third-order valence-electron chi connectivity index (χ3n) is 4.21. The van der Waals surface area contributed by atoms with E-state index in [-0.39, 0.29) is 11.3 Å². The molecule has 2 heterocycles. The van der Waals surface area contributed by atoms with Gasteiger partial charge in [-0.3, -0.25) is 10.2 Å². The van der Waals surface area contributed by atoms with Gasteiger partial charge in [-0.25, -0.2) is 9.78 Å². The minimum absolute atomic E-state index is 0.113. The number of anilines is 2. The predicted octanol–water partition coefficient (Wildman–Crippen LogP) is 4.35. The molecule has 8 nitrogen and oxygen atoms in total. The second-order valence-corrected chi connectivity index (χ2v) is 7.56. The molecule has 2 aromatic carbocycles. The SMILES string of the molecule is CC1=NN(c2nc(-c3ccc(Cl)cc3)cs2)C(=O)/C1=N/Nc1cccc(C(=O)O)c1. The Hall–Kier alpha value is -3.56. The average Bonchev–Trinajstić information content (AvgIpc) is 3.32. The van der Waals surface area contributed by atoms with Crippen molar-refractivity contribution in [1.29, 1.82) is 0 Å². The zero-order valence-corrected chi connectivity index (χ0v) is 17.1. The number of aromatic nitrogens is 1. The molecular weight excluding hydrogens is 426 g/mol. The number of thiazole rings is 1. The molecule has 30 heavy (non-hydrogen) atoms. The lowest BCUT2D eigenvalue weighted by atomic mass is 10.2. The molecule has 0 spiro atoms. The Labute approximate surface area is 180 Å². The second kappa shape index (κ2) is 8.05. The van der Waals surface area contributed by atoms with Gasteiger partial charge in [-0.1, -0.05) is 29.8 Å². The van der Waals surface area contributed by atoms with Crippen molar-refractivity contribution in [2.75, 3.05) is 10.4 Å². The van der Waals surface area contributed by atoms with E-state index in [4.69, 9.17) is 16.7 Å². The number of benzene rings is 2. The van der Waals surface area contributed by atoms with Crippen LogP contribution < -0.4 is 10.4 Å². The number of amides is 1. The van der Waals surface area contributed by atoms with E-state index in [0.717, 1.165) is 5.56 Å². The number of carboxylic acids is 1. The first-order chi connectivity index (χ1) is 14.4. The van der Waals surface area contributed by atoms with Gasteiger partial charge in [0.2, 0.25) is 5.13 Å². The van der Waals surface area contributed by atoms with Gasteiger partial charge < -0.3 is 5.11 Å². The predicted molar refractivity (Wildman–Crippen MR) is 118 cm³/mol. The van der Waals surface area contributed by atoms with E-state index in [1.165, 1.54) is 28.5 Å². The third kappa shape index (κ3) is 3.93. The van der Waals surface area contributed by atoms with Crippen molar-refractivity contribution in [2.45, 2.75) is 6.92 Å². The van der Waals surface area contributed by atoms with Crippen LogP contribution in [0.5, 0.6) is 0 Å². The number of carbonyl (C=O) groups is 2. The number of halogens is 1. The van der Waals surface area contributed by atoms with Gasteiger partial charge in [0.1, 0.15) is 0 Å². The molecule has 0 aliphatic carbocycles. The molecule has 150 valence electrons. The fourth-order valence-corrected chi connectivity index (χ4v) is 3.62. The van der Waals surface area contributed by atoms with Crippen molar-refractivity contribution < 1.29 is 14.7 Å². The molecule has 4 rings (SSSR count). The van der Waals surface area contributed by atoms with Crippen molar-refractivity contribution >= 4 is 57.1 Å². The number of hydrogen-bond acceptors (Lipinski definition) is 7. The van der Waals surface area contributed by atoms with Gasteiger partial charge in [-0.05, 0) is 37.3 Å². The number of carbonyl (C=O) groups excluding carboxylic acids is 1. The van der Waals surface area contributed by atoms with Crippen LogP contribution in [-0.2, 0) is 4.79 Å². The Kier molecular flexibility index (Phi) is 5.30. The lowest BCUT2D eigenvalue weighted by Crippen LogP contribution is -2.27. The maximum atomic E-state index is 12.8. The maximum Gasteiger partial charge on any atom is 0.335 e. The molecule has 0 radical (unpaired) electrons. The first kappa shape index (κ1) is 19.7. The summed E-state index contributed by atoms with van der Waals surface area (Å²) in [5, 5.41) is 21.5. The topological polar surface area (TPSA) is 107 Å². The Morgan fingerprint density at radius 2 is 2.00 bits per heavy atom. The van der Waals surface area contributed by atoms with Gasteiger partial charge in [-0.15, -0.1) is 11.3 Å². The number of hydrazone groups is 2. The summed E-state index contributed by atoms with van der Waals surface area (Å²) in [6.45, 7) is 1.67. The zero-order valence-electron chi connectivity index (χ0n) is 15.5. The van der Waals surface area contributed by atoms with Crippen LogP contribution in [0.25, 0.3) is 11.3 Å². The van der Waals surface area contributed by atoms with Crippen LogP contribution in [0.3, 0.4) is 0 Å². The van der Waals surface area contributed by atoms with Crippen molar-refractivity contribution in [3.63, 3.8) is 0 Å². The molecule has 3 aromatic rings. The summed E-state index contributed by atoms with van der Waals surface area (Å²) in [5.41, 5.74) is 5.41. The quantitative estimate of drug-likeness (QED) is 0.574. The molecular formula is C20H14ClN5O3S. The van der Waals surface area contributed by atoms with Crippen LogP contribution in [0.15, 0.2) is 64.1 Å². The minimum Gasteiger partial charge on any atom is -0.478 e. The van der Waals surface area contributed by atoms with Gasteiger partial charge in [0.05, 0.1) is 22.7 Å².